The first kappa shape index (κ1) is 21.3. The number of fused-ring (bicyclic) bond motifs is 1. The number of nitrogens with one attached hydrogen (secondary N) is 1. The molecule has 2 aromatic carbocycles. The number of carbonyl (C=O) groups is 1. The van der Waals surface area contributed by atoms with Crippen molar-refractivity contribution in [2.45, 2.75) is 11.8 Å². The van der Waals surface area contributed by atoms with E-state index in [1.54, 1.807) is 12.4 Å². The molecule has 1 fully saturated rings. The average Bonchev–Trinajstić information content (AvgIpc) is 2.88. The number of nitrogens with zero attached hydrogens (tertiary/aromatic N) is 4. The monoisotopic (exact) mass is 455 g/mol. The number of aryl methyl sites for hydroxylation is 1. The van der Waals surface area contributed by atoms with Gasteiger partial charge in [-0.3, -0.25) is 14.8 Å². The minimum absolute atomic E-state index is 0.0879. The topological polar surface area (TPSA) is 61.4 Å². The van der Waals surface area contributed by atoms with E-state index in [-0.39, 0.29) is 5.91 Å². The van der Waals surface area contributed by atoms with Crippen molar-refractivity contribution >= 4 is 40.1 Å². The second-order valence-corrected chi connectivity index (χ2v) is 8.90. The maximum absolute atomic E-state index is 13.1. The summed E-state index contributed by atoms with van der Waals surface area (Å²) >= 11 is 1.54. The van der Waals surface area contributed by atoms with Gasteiger partial charge in [-0.25, -0.2) is 0 Å². The molecule has 1 aliphatic heterocycles. The van der Waals surface area contributed by atoms with Gasteiger partial charge in [-0.15, -0.1) is 0 Å². The van der Waals surface area contributed by atoms with Crippen molar-refractivity contribution in [3.63, 3.8) is 0 Å². The molecule has 1 saturated heterocycles. The summed E-state index contributed by atoms with van der Waals surface area (Å²) in [5, 5.41) is 1.12. The van der Waals surface area contributed by atoms with E-state index in [0.29, 0.717) is 13.1 Å². The Morgan fingerprint density at radius 2 is 1.73 bits per heavy atom. The lowest BCUT2D eigenvalue weighted by Gasteiger charge is -2.36. The molecule has 1 N–H and O–H groups in total. The smallest absolute Gasteiger partial charge is 0.253 e. The Balaban J connectivity index is 1.23. The third-order valence-corrected chi connectivity index (χ3v) is 6.81. The number of hydrogen-bond acceptors (Lipinski definition) is 6. The summed E-state index contributed by atoms with van der Waals surface area (Å²) in [4.78, 5) is 27.0. The molecular formula is C26H25N5OS. The van der Waals surface area contributed by atoms with Gasteiger partial charge in [-0.05, 0) is 66.9 Å². The van der Waals surface area contributed by atoms with Crippen LogP contribution in [0.25, 0.3) is 10.9 Å². The number of hydrogen-bond donors (Lipinski definition) is 1. The summed E-state index contributed by atoms with van der Waals surface area (Å²) < 4.78 is 3.43. The van der Waals surface area contributed by atoms with Crippen LogP contribution in [0.2, 0.25) is 0 Å². The van der Waals surface area contributed by atoms with Crippen LogP contribution < -0.4 is 9.62 Å². The van der Waals surface area contributed by atoms with Crippen molar-refractivity contribution in [1.29, 1.82) is 0 Å². The fourth-order valence-corrected chi connectivity index (χ4v) is 4.95. The molecule has 3 heterocycles. The SMILES string of the molecule is Cc1cc(C(=O)N2CCN(c3ccncc3)CC2)ccc1NSc1cccc2cccnc12. The fraction of sp³-hybridized carbons (Fsp3) is 0.192. The summed E-state index contributed by atoms with van der Waals surface area (Å²) in [5.41, 5.74) is 4.89. The molecule has 0 atom stereocenters. The van der Waals surface area contributed by atoms with Crippen molar-refractivity contribution in [3.8, 4) is 0 Å². The maximum Gasteiger partial charge on any atom is 0.253 e. The number of para-hydroxylation sites is 1. The van der Waals surface area contributed by atoms with E-state index in [1.165, 1.54) is 11.9 Å². The van der Waals surface area contributed by atoms with Crippen LogP contribution in [-0.2, 0) is 0 Å². The first-order valence-electron chi connectivity index (χ1n) is 11.0. The molecule has 0 bridgehead atoms. The van der Waals surface area contributed by atoms with Crippen LogP contribution >= 0.6 is 11.9 Å². The molecule has 7 heteroatoms. The highest BCUT2D eigenvalue weighted by atomic mass is 32.2. The van der Waals surface area contributed by atoms with Crippen LogP contribution in [-0.4, -0.2) is 47.0 Å². The lowest BCUT2D eigenvalue weighted by Crippen LogP contribution is -2.48. The second-order valence-electron chi connectivity index (χ2n) is 8.05. The Hall–Kier alpha value is -3.58. The van der Waals surface area contributed by atoms with Crippen LogP contribution in [0.4, 0.5) is 11.4 Å². The van der Waals surface area contributed by atoms with Crippen LogP contribution in [0, 0.1) is 6.92 Å². The number of pyridine rings is 2. The van der Waals surface area contributed by atoms with Crippen LogP contribution in [0.15, 0.2) is 84.1 Å². The zero-order valence-corrected chi connectivity index (χ0v) is 19.3. The number of aromatic nitrogens is 2. The first-order valence-corrected chi connectivity index (χ1v) is 11.8. The molecule has 0 radical (unpaired) electrons. The van der Waals surface area contributed by atoms with E-state index < -0.39 is 0 Å². The average molecular weight is 456 g/mol. The summed E-state index contributed by atoms with van der Waals surface area (Å²) in [5.74, 6) is 0.0879. The Bertz CT molecular complexity index is 1270. The van der Waals surface area contributed by atoms with Crippen LogP contribution in [0.1, 0.15) is 15.9 Å². The van der Waals surface area contributed by atoms with Gasteiger partial charge in [0, 0.05) is 67.1 Å². The third kappa shape index (κ3) is 4.64. The number of carbonyl (C=O) groups excluding carboxylic acids is 1. The Kier molecular flexibility index (Phi) is 6.13. The van der Waals surface area contributed by atoms with Crippen molar-refractivity contribution in [2.75, 3.05) is 35.8 Å². The predicted molar refractivity (Wildman–Crippen MR) is 135 cm³/mol. The van der Waals surface area contributed by atoms with Gasteiger partial charge in [0.15, 0.2) is 0 Å². The normalized spacial score (nSPS) is 13.8. The molecule has 0 spiro atoms. The number of amides is 1. The number of rotatable bonds is 5. The highest BCUT2D eigenvalue weighted by Gasteiger charge is 2.22. The van der Waals surface area contributed by atoms with Gasteiger partial charge in [0.25, 0.3) is 5.91 Å². The quantitative estimate of drug-likeness (QED) is 0.427. The van der Waals surface area contributed by atoms with E-state index in [4.69, 9.17) is 0 Å². The lowest BCUT2D eigenvalue weighted by atomic mass is 10.1. The second kappa shape index (κ2) is 9.50. The van der Waals surface area contributed by atoms with Crippen molar-refractivity contribution in [1.82, 2.24) is 14.9 Å². The standard InChI is InChI=1S/C26H25N5OS/c1-19-18-21(26(32)31-16-14-30(15-17-31)22-9-12-27-13-10-22)7-8-23(19)29-33-24-6-2-4-20-5-3-11-28-25(20)24/h2-13,18,29H,14-17H2,1H3. The van der Waals surface area contributed by atoms with Gasteiger partial charge >= 0.3 is 0 Å². The van der Waals surface area contributed by atoms with E-state index in [1.807, 2.05) is 60.5 Å². The van der Waals surface area contributed by atoms with Crippen molar-refractivity contribution < 1.29 is 4.79 Å². The molecule has 1 aliphatic rings. The Labute approximate surface area is 197 Å². The maximum atomic E-state index is 13.1. The van der Waals surface area contributed by atoms with Gasteiger partial charge in [-0.2, -0.15) is 0 Å². The zero-order chi connectivity index (χ0) is 22.6. The molecule has 166 valence electrons. The lowest BCUT2D eigenvalue weighted by molar-refractivity contribution is 0.0746. The van der Waals surface area contributed by atoms with Gasteiger partial charge in [0.1, 0.15) is 0 Å². The van der Waals surface area contributed by atoms with Crippen molar-refractivity contribution in [2.24, 2.45) is 0 Å². The van der Waals surface area contributed by atoms with Gasteiger partial charge in [0.05, 0.1) is 10.4 Å². The van der Waals surface area contributed by atoms with E-state index in [2.05, 4.69) is 37.8 Å². The van der Waals surface area contributed by atoms with E-state index in [0.717, 1.165) is 51.4 Å². The molecule has 0 saturated carbocycles. The molecule has 33 heavy (non-hydrogen) atoms. The fourth-order valence-electron chi connectivity index (χ4n) is 4.08. The van der Waals surface area contributed by atoms with Crippen LogP contribution in [0.5, 0.6) is 0 Å². The summed E-state index contributed by atoms with van der Waals surface area (Å²) in [6.07, 6.45) is 5.43. The summed E-state index contributed by atoms with van der Waals surface area (Å²) in [7, 11) is 0. The van der Waals surface area contributed by atoms with Gasteiger partial charge < -0.3 is 14.5 Å². The Morgan fingerprint density at radius 1 is 0.939 bits per heavy atom. The van der Waals surface area contributed by atoms with Gasteiger partial charge in [0.2, 0.25) is 0 Å². The van der Waals surface area contributed by atoms with Gasteiger partial charge in [-0.1, -0.05) is 18.2 Å². The molecule has 0 unspecified atom stereocenters. The highest BCUT2D eigenvalue weighted by Crippen LogP contribution is 2.29. The van der Waals surface area contributed by atoms with E-state index >= 15 is 0 Å². The zero-order valence-electron chi connectivity index (χ0n) is 18.4. The van der Waals surface area contributed by atoms with Crippen molar-refractivity contribution in [3.05, 3.63) is 90.4 Å². The molecule has 0 aliphatic carbocycles. The molecular weight excluding hydrogens is 430 g/mol. The van der Waals surface area contributed by atoms with E-state index in [9.17, 15) is 4.79 Å². The molecule has 5 rings (SSSR count). The Morgan fingerprint density at radius 3 is 2.52 bits per heavy atom. The number of benzene rings is 2. The highest BCUT2D eigenvalue weighted by molar-refractivity contribution is 8.00. The molecule has 1 amide bonds. The third-order valence-electron chi connectivity index (χ3n) is 5.93. The molecule has 6 nitrogen and oxygen atoms in total. The first-order chi connectivity index (χ1) is 16.2. The summed E-state index contributed by atoms with van der Waals surface area (Å²) in [6, 6.07) is 20.1. The van der Waals surface area contributed by atoms with Crippen LogP contribution in [0.3, 0.4) is 0 Å². The number of piperazine rings is 1. The minimum Gasteiger partial charge on any atom is -0.368 e. The summed E-state index contributed by atoms with van der Waals surface area (Å²) in [6.45, 7) is 5.10. The molecule has 2 aromatic heterocycles. The number of anilines is 2. The molecule has 4 aromatic rings. The predicted octanol–water partition coefficient (Wildman–Crippen LogP) is 5.02. The largest absolute Gasteiger partial charge is 0.368 e. The minimum atomic E-state index is 0.0879.